The van der Waals surface area contributed by atoms with Gasteiger partial charge in [0.2, 0.25) is 0 Å². The molecule has 34 heavy (non-hydrogen) atoms. The largest absolute Gasteiger partial charge is 0.442 e. The Hall–Kier alpha value is -3.52. The molecule has 2 unspecified atom stereocenters. The maximum Gasteiger partial charge on any atom is 0.414 e. The molecule has 2 saturated heterocycles. The first kappa shape index (κ1) is 21.0. The Morgan fingerprint density at radius 2 is 2.00 bits per heavy atom. The number of halogens is 2. The second-order valence-electron chi connectivity index (χ2n) is 8.69. The van der Waals surface area contributed by atoms with E-state index in [0.717, 1.165) is 23.6 Å². The van der Waals surface area contributed by atoms with Gasteiger partial charge in [-0.15, -0.1) is 5.10 Å². The summed E-state index contributed by atoms with van der Waals surface area (Å²) in [6, 6.07) is 7.96. The Balaban J connectivity index is 1.24. The van der Waals surface area contributed by atoms with Crippen LogP contribution in [-0.2, 0) is 16.7 Å². The smallest absolute Gasteiger partial charge is 0.414 e. The third kappa shape index (κ3) is 3.16. The van der Waals surface area contributed by atoms with Gasteiger partial charge in [-0.25, -0.2) is 18.3 Å². The molecule has 3 aliphatic rings. The van der Waals surface area contributed by atoms with Crippen molar-refractivity contribution in [2.24, 2.45) is 11.8 Å². The summed E-state index contributed by atoms with van der Waals surface area (Å²) in [5, 5.41) is 17.3. The molecule has 3 atom stereocenters. The van der Waals surface area contributed by atoms with Gasteiger partial charge in [0.15, 0.2) is 0 Å². The number of carbonyl (C=O) groups excluding carboxylic acids is 1. The second kappa shape index (κ2) is 7.77. The second-order valence-corrected chi connectivity index (χ2v) is 9.76. The van der Waals surface area contributed by atoms with Crippen LogP contribution in [0.1, 0.15) is 5.69 Å². The Morgan fingerprint density at radius 1 is 1.24 bits per heavy atom. The maximum absolute atomic E-state index is 15.1. The quantitative estimate of drug-likeness (QED) is 0.552. The van der Waals surface area contributed by atoms with E-state index in [0.29, 0.717) is 17.5 Å². The monoisotopic (exact) mass is 480 g/mol. The fourth-order valence-corrected chi connectivity index (χ4v) is 6.74. The standard InChI is InChI=1S/C23H18F2N6O2S/c24-18-5-14(31-9-15(33-22(31)32)8-30-4-3-28-29-30)6-19(25)21(18)13-1-2-20(27-7-13)23(12-26)16-10-34-11-17(16)23/h1-7,15-17H,8-11H2/t15-,16?,17?,23?/m0/s1. The number of cyclic esters (lactones) is 1. The zero-order valence-corrected chi connectivity index (χ0v) is 18.6. The number of ether oxygens (including phenoxy) is 1. The minimum atomic E-state index is -0.813. The van der Waals surface area contributed by atoms with E-state index in [1.807, 2.05) is 11.8 Å². The van der Waals surface area contributed by atoms with Crippen molar-refractivity contribution in [3.05, 3.63) is 60.2 Å². The van der Waals surface area contributed by atoms with Crippen LogP contribution >= 0.6 is 11.8 Å². The molecule has 2 aromatic heterocycles. The molecule has 1 aliphatic carbocycles. The van der Waals surface area contributed by atoms with Crippen LogP contribution in [0.4, 0.5) is 19.3 Å². The third-order valence-corrected chi connectivity index (χ3v) is 8.07. The van der Waals surface area contributed by atoms with E-state index in [9.17, 15) is 10.1 Å². The zero-order valence-electron chi connectivity index (χ0n) is 17.8. The number of thioether (sulfide) groups is 1. The molecular weight excluding hydrogens is 462 g/mol. The molecule has 3 aromatic rings. The highest BCUT2D eigenvalue weighted by Crippen LogP contribution is 2.65. The molecule has 8 nitrogen and oxygen atoms in total. The van der Waals surface area contributed by atoms with Crippen molar-refractivity contribution in [2.75, 3.05) is 23.0 Å². The highest BCUT2D eigenvalue weighted by atomic mass is 32.2. The SMILES string of the molecule is N#CC1(c2ccc(-c3c(F)cc(N4C[C@H](Cn5ccnn5)OC4=O)cc3F)cn2)C2CSCC21. The lowest BCUT2D eigenvalue weighted by Crippen LogP contribution is -2.26. The highest BCUT2D eigenvalue weighted by Gasteiger charge is 2.69. The molecule has 11 heteroatoms. The number of pyridine rings is 1. The number of carbonyl (C=O) groups is 1. The molecule has 1 aromatic carbocycles. The number of aromatic nitrogens is 4. The normalized spacial score (nSPS) is 27.4. The number of hydrogen-bond acceptors (Lipinski definition) is 7. The summed E-state index contributed by atoms with van der Waals surface area (Å²) in [5.41, 5.74) is 0.188. The van der Waals surface area contributed by atoms with Crippen molar-refractivity contribution in [1.82, 2.24) is 20.0 Å². The van der Waals surface area contributed by atoms with Crippen LogP contribution in [0, 0.1) is 34.8 Å². The number of anilines is 1. The van der Waals surface area contributed by atoms with Gasteiger partial charge in [-0.3, -0.25) is 9.88 Å². The molecular formula is C23H18F2N6O2S. The van der Waals surface area contributed by atoms with Gasteiger partial charge in [0, 0.05) is 18.0 Å². The molecule has 0 N–H and O–H groups in total. The molecule has 2 aliphatic heterocycles. The molecule has 0 radical (unpaired) electrons. The highest BCUT2D eigenvalue weighted by molar-refractivity contribution is 7.99. The molecule has 6 rings (SSSR count). The van der Waals surface area contributed by atoms with Crippen molar-refractivity contribution in [3.8, 4) is 17.2 Å². The van der Waals surface area contributed by atoms with E-state index in [2.05, 4.69) is 21.4 Å². The zero-order chi connectivity index (χ0) is 23.4. The molecule has 0 spiro atoms. The predicted octanol–water partition coefficient (Wildman–Crippen LogP) is 3.40. The minimum Gasteiger partial charge on any atom is -0.442 e. The van der Waals surface area contributed by atoms with Gasteiger partial charge in [-0.05, 0) is 41.5 Å². The Morgan fingerprint density at radius 3 is 2.62 bits per heavy atom. The van der Waals surface area contributed by atoms with Gasteiger partial charge in [0.1, 0.15) is 23.2 Å². The number of rotatable bonds is 5. The minimum absolute atomic E-state index is 0.0705. The average molecular weight is 481 g/mol. The van der Waals surface area contributed by atoms with Gasteiger partial charge in [-0.1, -0.05) is 11.3 Å². The summed E-state index contributed by atoms with van der Waals surface area (Å²) in [4.78, 5) is 17.9. The Labute approximate surface area is 197 Å². The van der Waals surface area contributed by atoms with Crippen molar-refractivity contribution in [3.63, 3.8) is 0 Å². The van der Waals surface area contributed by atoms with Crippen LogP contribution in [0.15, 0.2) is 42.9 Å². The lowest BCUT2D eigenvalue weighted by Gasteiger charge is -2.16. The van der Waals surface area contributed by atoms with E-state index in [4.69, 9.17) is 4.74 Å². The van der Waals surface area contributed by atoms with Gasteiger partial charge in [0.25, 0.3) is 0 Å². The summed E-state index contributed by atoms with van der Waals surface area (Å²) in [6.45, 7) is 0.415. The first-order chi connectivity index (χ1) is 16.5. The van der Waals surface area contributed by atoms with Crippen LogP contribution in [0.3, 0.4) is 0 Å². The van der Waals surface area contributed by atoms with E-state index in [-0.39, 0.29) is 29.9 Å². The fourth-order valence-electron chi connectivity index (χ4n) is 5.10. The number of nitrogens with zero attached hydrogens (tertiary/aromatic N) is 6. The van der Waals surface area contributed by atoms with Crippen LogP contribution < -0.4 is 4.90 Å². The van der Waals surface area contributed by atoms with Crippen LogP contribution in [0.2, 0.25) is 0 Å². The van der Waals surface area contributed by atoms with E-state index >= 15 is 8.78 Å². The van der Waals surface area contributed by atoms with Crippen molar-refractivity contribution in [2.45, 2.75) is 18.1 Å². The molecule has 3 fully saturated rings. The predicted molar refractivity (Wildman–Crippen MR) is 119 cm³/mol. The third-order valence-electron chi connectivity index (χ3n) is 6.88. The Bertz CT molecular complexity index is 1280. The fraction of sp³-hybridized carbons (Fsp3) is 0.348. The van der Waals surface area contributed by atoms with Gasteiger partial charge in [0.05, 0.1) is 42.3 Å². The van der Waals surface area contributed by atoms with E-state index in [1.165, 1.54) is 22.0 Å². The van der Waals surface area contributed by atoms with Crippen molar-refractivity contribution in [1.29, 1.82) is 5.26 Å². The molecule has 1 saturated carbocycles. The van der Waals surface area contributed by atoms with E-state index in [1.54, 1.807) is 18.3 Å². The molecule has 4 heterocycles. The van der Waals surface area contributed by atoms with Crippen molar-refractivity contribution < 1.29 is 18.3 Å². The van der Waals surface area contributed by atoms with Gasteiger partial charge < -0.3 is 4.74 Å². The number of amides is 1. The van der Waals surface area contributed by atoms with Crippen LogP contribution in [0.25, 0.3) is 11.1 Å². The van der Waals surface area contributed by atoms with Crippen LogP contribution in [-0.4, -0.2) is 50.2 Å². The number of nitriles is 1. The summed E-state index contributed by atoms with van der Waals surface area (Å²) in [6.07, 6.45) is 3.35. The average Bonchev–Trinajstić information content (AvgIpc) is 3.34. The van der Waals surface area contributed by atoms with Gasteiger partial charge >= 0.3 is 6.09 Å². The van der Waals surface area contributed by atoms with Gasteiger partial charge in [-0.2, -0.15) is 17.0 Å². The molecule has 0 bridgehead atoms. The topological polar surface area (TPSA) is 96.9 Å². The van der Waals surface area contributed by atoms with Crippen LogP contribution in [0.5, 0.6) is 0 Å². The van der Waals surface area contributed by atoms with E-state index < -0.39 is 29.2 Å². The van der Waals surface area contributed by atoms with Crippen molar-refractivity contribution >= 4 is 23.5 Å². The lowest BCUT2D eigenvalue weighted by atomic mass is 9.97. The summed E-state index contributed by atoms with van der Waals surface area (Å²) in [5.74, 6) is 0.832. The number of benzene rings is 1. The number of fused-ring (bicyclic) bond motifs is 1. The number of hydrogen-bond donors (Lipinski definition) is 0. The summed E-state index contributed by atoms with van der Waals surface area (Å²) in [7, 11) is 0. The first-order valence-corrected chi connectivity index (χ1v) is 11.9. The maximum atomic E-state index is 15.1. The summed E-state index contributed by atoms with van der Waals surface area (Å²) >= 11 is 1.84. The lowest BCUT2D eigenvalue weighted by molar-refractivity contribution is 0.129. The summed E-state index contributed by atoms with van der Waals surface area (Å²) < 4.78 is 36.9. The molecule has 172 valence electrons. The Kier molecular flexibility index (Phi) is 4.81. The molecule has 1 amide bonds. The first-order valence-electron chi connectivity index (χ1n) is 10.8.